The summed E-state index contributed by atoms with van der Waals surface area (Å²) in [6.45, 7) is 4.94. The zero-order chi connectivity index (χ0) is 11.3. The van der Waals surface area contributed by atoms with Crippen molar-refractivity contribution in [3.8, 4) is 12.3 Å². The molecule has 2 N–H and O–H groups in total. The van der Waals surface area contributed by atoms with Gasteiger partial charge in [0, 0.05) is 12.7 Å². The number of terminal acetylenes is 1. The maximum absolute atomic E-state index is 8.70. The van der Waals surface area contributed by atoms with E-state index in [0.717, 1.165) is 5.69 Å². The molecule has 15 heavy (non-hydrogen) atoms. The van der Waals surface area contributed by atoms with Gasteiger partial charge in [-0.25, -0.2) is 4.68 Å². The summed E-state index contributed by atoms with van der Waals surface area (Å²) in [4.78, 5) is 0. The minimum atomic E-state index is -0.346. The van der Waals surface area contributed by atoms with Gasteiger partial charge in [-0.15, -0.1) is 11.5 Å². The van der Waals surface area contributed by atoms with Crippen LogP contribution in [-0.2, 0) is 13.1 Å². The van der Waals surface area contributed by atoms with Gasteiger partial charge in [0.1, 0.15) is 0 Å². The third-order valence-corrected chi connectivity index (χ3v) is 1.99. The van der Waals surface area contributed by atoms with Crippen LogP contribution in [0.2, 0.25) is 0 Å². The molecule has 0 unspecified atom stereocenters. The van der Waals surface area contributed by atoms with Gasteiger partial charge in [0.15, 0.2) is 0 Å². The van der Waals surface area contributed by atoms with Crippen LogP contribution in [0.3, 0.4) is 0 Å². The summed E-state index contributed by atoms with van der Waals surface area (Å²) in [6, 6.07) is 0. The van der Waals surface area contributed by atoms with Crippen LogP contribution in [-0.4, -0.2) is 32.2 Å². The predicted octanol–water partition coefficient (Wildman–Crippen LogP) is -0.228. The maximum Gasteiger partial charge on any atom is 0.0965 e. The van der Waals surface area contributed by atoms with Crippen LogP contribution >= 0.6 is 0 Å². The predicted molar refractivity (Wildman–Crippen MR) is 56.9 cm³/mol. The van der Waals surface area contributed by atoms with E-state index in [2.05, 4.69) is 21.5 Å². The second kappa shape index (κ2) is 4.91. The lowest BCUT2D eigenvalue weighted by molar-refractivity contribution is 0.268. The fourth-order valence-electron chi connectivity index (χ4n) is 0.994. The van der Waals surface area contributed by atoms with Gasteiger partial charge < -0.3 is 5.11 Å². The van der Waals surface area contributed by atoms with Crippen LogP contribution in [0.25, 0.3) is 0 Å². The molecule has 0 fully saturated rings. The van der Waals surface area contributed by atoms with E-state index in [1.54, 1.807) is 10.9 Å². The first kappa shape index (κ1) is 11.7. The number of nitrogens with one attached hydrogen (secondary N) is 1. The Labute approximate surface area is 89.5 Å². The Bertz CT molecular complexity index is 351. The SMILES string of the molecule is C#CC(C)(C)NCc1cn(CCO)nn1. The minimum absolute atomic E-state index is 0.0616. The van der Waals surface area contributed by atoms with E-state index in [4.69, 9.17) is 11.5 Å². The van der Waals surface area contributed by atoms with Gasteiger partial charge in [-0.05, 0) is 13.8 Å². The molecule has 0 radical (unpaired) electrons. The first-order chi connectivity index (χ1) is 7.07. The van der Waals surface area contributed by atoms with Gasteiger partial charge in [0.05, 0.1) is 24.4 Å². The van der Waals surface area contributed by atoms with E-state index in [1.165, 1.54) is 0 Å². The van der Waals surface area contributed by atoms with Gasteiger partial charge in [-0.3, -0.25) is 5.32 Å². The molecule has 0 aliphatic heterocycles. The number of aromatic nitrogens is 3. The van der Waals surface area contributed by atoms with Gasteiger partial charge in [0.2, 0.25) is 0 Å². The molecule has 82 valence electrons. The molecule has 0 bridgehead atoms. The number of nitrogens with zero attached hydrogens (tertiary/aromatic N) is 3. The molecule has 0 aromatic carbocycles. The van der Waals surface area contributed by atoms with Crippen LogP contribution < -0.4 is 5.32 Å². The average Bonchev–Trinajstić information content (AvgIpc) is 2.64. The molecule has 1 heterocycles. The standard InChI is InChI=1S/C10H16N4O/c1-4-10(2,3)11-7-9-8-14(5-6-15)13-12-9/h1,8,11,15H,5-7H2,2-3H3. The van der Waals surface area contributed by atoms with Crippen LogP contribution in [0.5, 0.6) is 0 Å². The molecule has 0 saturated carbocycles. The highest BCUT2D eigenvalue weighted by molar-refractivity contribution is 5.08. The van der Waals surface area contributed by atoms with Crippen molar-refractivity contribution in [1.82, 2.24) is 20.3 Å². The summed E-state index contributed by atoms with van der Waals surface area (Å²) in [5, 5.41) is 19.7. The molecule has 0 aliphatic carbocycles. The van der Waals surface area contributed by atoms with Gasteiger partial charge in [-0.2, -0.15) is 0 Å². The highest BCUT2D eigenvalue weighted by atomic mass is 16.3. The second-order valence-electron chi connectivity index (χ2n) is 3.82. The van der Waals surface area contributed by atoms with Crippen LogP contribution in [0.4, 0.5) is 0 Å². The lowest BCUT2D eigenvalue weighted by Gasteiger charge is -2.18. The van der Waals surface area contributed by atoms with Crippen LogP contribution in [0, 0.1) is 12.3 Å². The Morgan fingerprint density at radius 3 is 3.00 bits per heavy atom. The van der Waals surface area contributed by atoms with Gasteiger partial charge >= 0.3 is 0 Å². The Hall–Kier alpha value is -1.38. The van der Waals surface area contributed by atoms with Crippen molar-refractivity contribution in [1.29, 1.82) is 0 Å². The fourth-order valence-corrected chi connectivity index (χ4v) is 0.994. The third kappa shape index (κ3) is 3.70. The number of aliphatic hydroxyl groups is 1. The molecule has 5 nitrogen and oxygen atoms in total. The monoisotopic (exact) mass is 208 g/mol. The topological polar surface area (TPSA) is 63.0 Å². The Kier molecular flexibility index (Phi) is 3.83. The highest BCUT2D eigenvalue weighted by Gasteiger charge is 2.13. The molecule has 5 heteroatoms. The lowest BCUT2D eigenvalue weighted by Crippen LogP contribution is -2.37. The fraction of sp³-hybridized carbons (Fsp3) is 0.600. The van der Waals surface area contributed by atoms with E-state index in [0.29, 0.717) is 13.1 Å². The van der Waals surface area contributed by atoms with Crippen LogP contribution in [0.1, 0.15) is 19.5 Å². The summed E-state index contributed by atoms with van der Waals surface area (Å²) < 4.78 is 1.60. The summed E-state index contributed by atoms with van der Waals surface area (Å²) in [6.07, 6.45) is 7.12. The number of hydrogen-bond donors (Lipinski definition) is 2. The Morgan fingerprint density at radius 1 is 1.67 bits per heavy atom. The van der Waals surface area contributed by atoms with E-state index < -0.39 is 0 Å². The molecular weight excluding hydrogens is 192 g/mol. The Balaban J connectivity index is 2.48. The Morgan fingerprint density at radius 2 is 2.40 bits per heavy atom. The quantitative estimate of drug-likeness (QED) is 0.656. The normalized spacial score (nSPS) is 11.3. The first-order valence-electron chi connectivity index (χ1n) is 4.80. The van der Waals surface area contributed by atoms with Gasteiger partial charge in [0.25, 0.3) is 0 Å². The number of hydrogen-bond acceptors (Lipinski definition) is 4. The van der Waals surface area contributed by atoms with Crippen molar-refractivity contribution in [3.63, 3.8) is 0 Å². The van der Waals surface area contributed by atoms with Crippen molar-refractivity contribution < 1.29 is 5.11 Å². The third-order valence-electron chi connectivity index (χ3n) is 1.99. The van der Waals surface area contributed by atoms with Crippen molar-refractivity contribution >= 4 is 0 Å². The molecule has 0 amide bonds. The van der Waals surface area contributed by atoms with E-state index in [1.807, 2.05) is 13.8 Å². The average molecular weight is 208 g/mol. The largest absolute Gasteiger partial charge is 0.394 e. The zero-order valence-electron chi connectivity index (χ0n) is 9.06. The molecule has 1 aromatic heterocycles. The summed E-state index contributed by atoms with van der Waals surface area (Å²) in [7, 11) is 0. The minimum Gasteiger partial charge on any atom is -0.394 e. The van der Waals surface area contributed by atoms with E-state index >= 15 is 0 Å². The van der Waals surface area contributed by atoms with Gasteiger partial charge in [-0.1, -0.05) is 11.1 Å². The van der Waals surface area contributed by atoms with E-state index in [9.17, 15) is 0 Å². The molecule has 0 saturated heterocycles. The number of aliphatic hydroxyl groups excluding tert-OH is 1. The molecule has 1 aromatic rings. The summed E-state index contributed by atoms with van der Waals surface area (Å²) >= 11 is 0. The highest BCUT2D eigenvalue weighted by Crippen LogP contribution is 2.01. The van der Waals surface area contributed by atoms with Crippen molar-refractivity contribution in [2.24, 2.45) is 0 Å². The smallest absolute Gasteiger partial charge is 0.0965 e. The van der Waals surface area contributed by atoms with Crippen LogP contribution in [0.15, 0.2) is 6.20 Å². The molecule has 0 atom stereocenters. The molecule has 0 aliphatic rings. The maximum atomic E-state index is 8.70. The molecule has 0 spiro atoms. The molecular formula is C10H16N4O. The van der Waals surface area contributed by atoms with Crippen molar-refractivity contribution in [2.75, 3.05) is 6.61 Å². The second-order valence-corrected chi connectivity index (χ2v) is 3.82. The zero-order valence-corrected chi connectivity index (χ0v) is 9.06. The van der Waals surface area contributed by atoms with Crippen molar-refractivity contribution in [2.45, 2.75) is 32.5 Å². The first-order valence-corrected chi connectivity index (χ1v) is 4.80. The molecule has 1 rings (SSSR count). The van der Waals surface area contributed by atoms with Crippen molar-refractivity contribution in [3.05, 3.63) is 11.9 Å². The lowest BCUT2D eigenvalue weighted by atomic mass is 10.1. The summed E-state index contributed by atoms with van der Waals surface area (Å²) in [5.74, 6) is 2.64. The van der Waals surface area contributed by atoms with E-state index in [-0.39, 0.29) is 12.1 Å². The number of rotatable bonds is 5. The summed E-state index contributed by atoms with van der Waals surface area (Å²) in [5.41, 5.74) is 0.465.